The SMILES string of the molecule is COc1cc2c(cc1OC)CN([C@@H](C)C(=O)Nc1sc3c(c1C(N)=O)CCC3)CC2. The number of hydrogen-bond donors (Lipinski definition) is 2. The molecule has 1 aliphatic carbocycles. The molecule has 2 heterocycles. The number of carbonyl (C=O) groups excluding carboxylic acids is 2. The first-order chi connectivity index (χ1) is 14.4. The minimum absolute atomic E-state index is 0.124. The van der Waals surface area contributed by atoms with Crippen LogP contribution in [-0.4, -0.2) is 43.5 Å². The molecular formula is C22H27N3O4S. The zero-order valence-electron chi connectivity index (χ0n) is 17.5. The van der Waals surface area contributed by atoms with Gasteiger partial charge in [0.05, 0.1) is 25.8 Å². The molecule has 3 N–H and O–H groups in total. The Kier molecular flexibility index (Phi) is 5.71. The fraction of sp³-hybridized carbons (Fsp3) is 0.455. The van der Waals surface area contributed by atoms with E-state index in [9.17, 15) is 9.59 Å². The topological polar surface area (TPSA) is 93.9 Å². The van der Waals surface area contributed by atoms with E-state index in [0.29, 0.717) is 22.9 Å². The second kappa shape index (κ2) is 8.28. The summed E-state index contributed by atoms with van der Waals surface area (Å²) in [5.41, 5.74) is 9.47. The van der Waals surface area contributed by atoms with E-state index in [1.54, 1.807) is 14.2 Å². The monoisotopic (exact) mass is 429 g/mol. The Hall–Kier alpha value is -2.58. The number of anilines is 1. The van der Waals surface area contributed by atoms with E-state index in [4.69, 9.17) is 15.2 Å². The number of fused-ring (bicyclic) bond motifs is 2. The van der Waals surface area contributed by atoms with E-state index in [2.05, 4.69) is 10.2 Å². The Bertz CT molecular complexity index is 1000. The molecule has 0 saturated heterocycles. The summed E-state index contributed by atoms with van der Waals surface area (Å²) in [5.74, 6) is 0.821. The fourth-order valence-electron chi connectivity index (χ4n) is 4.37. The van der Waals surface area contributed by atoms with Gasteiger partial charge in [0, 0.05) is 18.0 Å². The molecule has 4 rings (SSSR count). The number of benzene rings is 1. The van der Waals surface area contributed by atoms with Crippen LogP contribution in [-0.2, 0) is 30.6 Å². The zero-order valence-corrected chi connectivity index (χ0v) is 18.4. The second-order valence-electron chi connectivity index (χ2n) is 7.79. The average Bonchev–Trinajstić information content (AvgIpc) is 3.32. The van der Waals surface area contributed by atoms with Gasteiger partial charge in [-0.25, -0.2) is 0 Å². The summed E-state index contributed by atoms with van der Waals surface area (Å²) in [7, 11) is 3.25. The number of carbonyl (C=O) groups is 2. The number of nitrogens with zero attached hydrogens (tertiary/aromatic N) is 1. The van der Waals surface area contributed by atoms with E-state index in [-0.39, 0.29) is 11.9 Å². The fourth-order valence-corrected chi connectivity index (χ4v) is 5.67. The highest BCUT2D eigenvalue weighted by atomic mass is 32.1. The molecule has 1 aromatic heterocycles. The number of rotatable bonds is 6. The van der Waals surface area contributed by atoms with Crippen LogP contribution in [0.5, 0.6) is 11.5 Å². The molecule has 7 nitrogen and oxygen atoms in total. The highest BCUT2D eigenvalue weighted by molar-refractivity contribution is 7.17. The minimum atomic E-state index is -0.467. The summed E-state index contributed by atoms with van der Waals surface area (Å²) >= 11 is 1.49. The van der Waals surface area contributed by atoms with Crippen LogP contribution >= 0.6 is 11.3 Å². The van der Waals surface area contributed by atoms with Gasteiger partial charge < -0.3 is 20.5 Å². The number of hydrogen-bond acceptors (Lipinski definition) is 6. The van der Waals surface area contributed by atoms with Gasteiger partial charge in [0.25, 0.3) is 5.91 Å². The predicted octanol–water partition coefficient (Wildman–Crippen LogP) is 2.74. The Labute approximate surface area is 180 Å². The Morgan fingerprint density at radius 2 is 1.83 bits per heavy atom. The van der Waals surface area contributed by atoms with Gasteiger partial charge in [-0.1, -0.05) is 0 Å². The predicted molar refractivity (Wildman–Crippen MR) is 117 cm³/mol. The molecule has 2 aromatic rings. The number of nitrogens with one attached hydrogen (secondary N) is 1. The van der Waals surface area contributed by atoms with Crippen molar-refractivity contribution in [3.63, 3.8) is 0 Å². The van der Waals surface area contributed by atoms with Crippen molar-refractivity contribution in [3.05, 3.63) is 39.3 Å². The summed E-state index contributed by atoms with van der Waals surface area (Å²) < 4.78 is 10.8. The van der Waals surface area contributed by atoms with Crippen molar-refractivity contribution in [1.29, 1.82) is 0 Å². The van der Waals surface area contributed by atoms with Crippen molar-refractivity contribution in [2.75, 3.05) is 26.1 Å². The van der Waals surface area contributed by atoms with Gasteiger partial charge >= 0.3 is 0 Å². The molecule has 0 spiro atoms. The first-order valence-corrected chi connectivity index (χ1v) is 11.0. The number of methoxy groups -OCH3 is 2. The lowest BCUT2D eigenvalue weighted by molar-refractivity contribution is -0.121. The van der Waals surface area contributed by atoms with Crippen LogP contribution in [0.2, 0.25) is 0 Å². The third-order valence-corrected chi connectivity index (χ3v) is 7.29. The van der Waals surface area contributed by atoms with Crippen LogP contribution in [0, 0.1) is 0 Å². The first kappa shape index (κ1) is 20.7. The van der Waals surface area contributed by atoms with Gasteiger partial charge in [0.15, 0.2) is 11.5 Å². The van der Waals surface area contributed by atoms with E-state index < -0.39 is 5.91 Å². The van der Waals surface area contributed by atoms with Crippen LogP contribution < -0.4 is 20.5 Å². The molecule has 30 heavy (non-hydrogen) atoms. The third kappa shape index (κ3) is 3.65. The zero-order chi connectivity index (χ0) is 21.4. The normalized spacial score (nSPS) is 16.5. The Morgan fingerprint density at radius 3 is 2.50 bits per heavy atom. The van der Waals surface area contributed by atoms with Crippen LogP contribution in [0.25, 0.3) is 0 Å². The number of amides is 2. The van der Waals surface area contributed by atoms with Gasteiger partial charge in [-0.15, -0.1) is 11.3 Å². The van der Waals surface area contributed by atoms with Crippen LogP contribution in [0.4, 0.5) is 5.00 Å². The third-order valence-electron chi connectivity index (χ3n) is 6.08. The summed E-state index contributed by atoms with van der Waals surface area (Å²) in [6.45, 7) is 3.31. The van der Waals surface area contributed by atoms with Crippen molar-refractivity contribution < 1.29 is 19.1 Å². The maximum atomic E-state index is 13.0. The maximum Gasteiger partial charge on any atom is 0.251 e. The van der Waals surface area contributed by atoms with Crippen molar-refractivity contribution in [2.24, 2.45) is 5.73 Å². The molecule has 2 amide bonds. The molecule has 0 unspecified atom stereocenters. The molecule has 1 aromatic carbocycles. The van der Waals surface area contributed by atoms with Crippen molar-refractivity contribution in [2.45, 2.75) is 45.2 Å². The van der Waals surface area contributed by atoms with Gasteiger partial charge in [0.2, 0.25) is 5.91 Å². The van der Waals surface area contributed by atoms with Crippen molar-refractivity contribution in [3.8, 4) is 11.5 Å². The maximum absolute atomic E-state index is 13.0. The second-order valence-corrected chi connectivity index (χ2v) is 8.89. The van der Waals surface area contributed by atoms with Crippen molar-refractivity contribution in [1.82, 2.24) is 4.90 Å². The summed E-state index contributed by atoms with van der Waals surface area (Å²) in [6.07, 6.45) is 3.66. The highest BCUT2D eigenvalue weighted by Crippen LogP contribution is 2.39. The van der Waals surface area contributed by atoms with Gasteiger partial charge in [-0.05, 0) is 61.4 Å². The average molecular weight is 430 g/mol. The molecule has 8 heteroatoms. The first-order valence-electron chi connectivity index (χ1n) is 10.2. The molecular weight excluding hydrogens is 402 g/mol. The molecule has 0 bridgehead atoms. The van der Waals surface area contributed by atoms with E-state index in [1.165, 1.54) is 21.8 Å². The molecule has 0 radical (unpaired) electrons. The number of ether oxygens (including phenoxy) is 2. The van der Waals surface area contributed by atoms with Crippen molar-refractivity contribution >= 4 is 28.2 Å². The molecule has 160 valence electrons. The molecule has 0 fully saturated rings. The van der Waals surface area contributed by atoms with E-state index >= 15 is 0 Å². The van der Waals surface area contributed by atoms with Gasteiger partial charge in [-0.2, -0.15) is 0 Å². The lowest BCUT2D eigenvalue weighted by atomic mass is 9.97. The lowest BCUT2D eigenvalue weighted by Gasteiger charge is -2.33. The number of thiophene rings is 1. The Balaban J connectivity index is 1.50. The lowest BCUT2D eigenvalue weighted by Crippen LogP contribution is -2.44. The van der Waals surface area contributed by atoms with Crippen LogP contribution in [0.15, 0.2) is 12.1 Å². The smallest absolute Gasteiger partial charge is 0.251 e. The van der Waals surface area contributed by atoms with Crippen LogP contribution in [0.3, 0.4) is 0 Å². The summed E-state index contributed by atoms with van der Waals surface area (Å²) in [5, 5.41) is 3.57. The highest BCUT2D eigenvalue weighted by Gasteiger charge is 2.30. The number of primary amides is 1. The largest absolute Gasteiger partial charge is 0.493 e. The quantitative estimate of drug-likeness (QED) is 0.736. The van der Waals surface area contributed by atoms with E-state index in [1.807, 2.05) is 19.1 Å². The molecule has 0 saturated carbocycles. The summed E-state index contributed by atoms with van der Waals surface area (Å²) in [4.78, 5) is 28.3. The standard InChI is InChI=1S/C22H27N3O4S/c1-12(21(27)24-22-19(20(23)26)15-5-4-6-18(15)30-22)25-8-7-13-9-16(28-2)17(29-3)10-14(13)11-25/h9-10,12H,4-8,11H2,1-3H3,(H2,23,26)(H,24,27)/t12-/m0/s1. The van der Waals surface area contributed by atoms with Crippen LogP contribution in [0.1, 0.15) is 45.3 Å². The molecule has 1 atom stereocenters. The Morgan fingerprint density at radius 1 is 1.13 bits per heavy atom. The summed E-state index contributed by atoms with van der Waals surface area (Å²) in [6, 6.07) is 3.66. The van der Waals surface area contributed by atoms with Gasteiger partial charge in [0.1, 0.15) is 5.00 Å². The van der Waals surface area contributed by atoms with E-state index in [0.717, 1.165) is 49.1 Å². The van der Waals surface area contributed by atoms with Gasteiger partial charge in [-0.3, -0.25) is 14.5 Å². The number of aryl methyl sites for hydroxylation is 1. The minimum Gasteiger partial charge on any atom is -0.493 e. The molecule has 2 aliphatic rings. The number of nitrogens with two attached hydrogens (primary N) is 1. The molecule has 1 aliphatic heterocycles.